The van der Waals surface area contributed by atoms with Crippen LogP contribution in [-0.4, -0.2) is 21.8 Å². The summed E-state index contributed by atoms with van der Waals surface area (Å²) < 4.78 is 15.5. The van der Waals surface area contributed by atoms with Gasteiger partial charge in [-0.15, -0.1) is 0 Å². The van der Waals surface area contributed by atoms with Crippen LogP contribution in [0.25, 0.3) is 0 Å². The number of anilines is 1. The van der Waals surface area contributed by atoms with Crippen molar-refractivity contribution < 1.29 is 24.0 Å². The van der Waals surface area contributed by atoms with Crippen molar-refractivity contribution in [2.24, 2.45) is 0 Å². The third kappa shape index (κ3) is 3.20. The number of non-ortho nitro benzene ring substituents is 1. The van der Waals surface area contributed by atoms with Gasteiger partial charge in [0.1, 0.15) is 5.75 Å². The third-order valence-corrected chi connectivity index (χ3v) is 2.19. The number of nitrogens with zero attached hydrogens (tertiary/aromatic N) is 1. The molecule has 0 aliphatic heterocycles. The van der Waals surface area contributed by atoms with Gasteiger partial charge in [0.25, 0.3) is 5.69 Å². The van der Waals surface area contributed by atoms with Gasteiger partial charge in [0.05, 0.1) is 17.7 Å². The smallest absolute Gasteiger partial charge is 0.427 e. The number of benzene rings is 1. The number of nitro benzene ring substituents is 1. The maximum atomic E-state index is 10.7. The Hall–Kier alpha value is -1.63. The summed E-state index contributed by atoms with van der Waals surface area (Å²) in [4.78, 5) is 27.2. The molecule has 1 aromatic rings. The van der Waals surface area contributed by atoms with Gasteiger partial charge < -0.3 is 14.5 Å². The molecule has 0 heterocycles. The van der Waals surface area contributed by atoms with Crippen LogP contribution in [0, 0.1) is 10.1 Å². The zero-order valence-corrected chi connectivity index (χ0v) is 9.05. The lowest BCUT2D eigenvalue weighted by atomic mass is 10.2. The molecule has 8 nitrogen and oxygen atoms in total. The van der Waals surface area contributed by atoms with Crippen LogP contribution in [0.5, 0.6) is 5.75 Å². The van der Waals surface area contributed by atoms with Gasteiger partial charge in [0.2, 0.25) is 0 Å². The minimum atomic E-state index is -4.53. The number of hydrogen-bond donors (Lipinski definition) is 3. The lowest BCUT2D eigenvalue weighted by molar-refractivity contribution is -0.384. The van der Waals surface area contributed by atoms with E-state index in [9.17, 15) is 14.7 Å². The van der Waals surface area contributed by atoms with Crippen molar-refractivity contribution in [3.63, 3.8) is 0 Å². The number of methoxy groups -OCH3 is 1. The first-order valence-corrected chi connectivity index (χ1v) is 5.61. The minimum absolute atomic E-state index is 0.105. The monoisotopic (exact) mass is 248 g/mol. The summed E-state index contributed by atoms with van der Waals surface area (Å²) in [7, 11) is -3.25. The quantitative estimate of drug-likeness (QED) is 0.414. The Morgan fingerprint density at radius 2 is 2.12 bits per heavy atom. The Balaban J connectivity index is 3.17. The molecule has 0 saturated heterocycles. The van der Waals surface area contributed by atoms with Crippen molar-refractivity contribution >= 4 is 19.1 Å². The Morgan fingerprint density at radius 1 is 1.50 bits per heavy atom. The van der Waals surface area contributed by atoms with Crippen LogP contribution < -0.4 is 9.82 Å². The Kier molecular flexibility index (Phi) is 3.48. The fourth-order valence-corrected chi connectivity index (χ4v) is 1.54. The van der Waals surface area contributed by atoms with E-state index in [-0.39, 0.29) is 17.1 Å². The van der Waals surface area contributed by atoms with E-state index in [1.165, 1.54) is 19.2 Å². The molecule has 0 aromatic heterocycles. The molecule has 0 fully saturated rings. The predicted octanol–water partition coefficient (Wildman–Crippen LogP) is 1.11. The van der Waals surface area contributed by atoms with Gasteiger partial charge in [0, 0.05) is 12.1 Å². The molecule has 1 aromatic carbocycles. The van der Waals surface area contributed by atoms with Gasteiger partial charge >= 0.3 is 7.75 Å². The summed E-state index contributed by atoms with van der Waals surface area (Å²) in [6, 6.07) is 3.40. The van der Waals surface area contributed by atoms with E-state index in [2.05, 4.69) is 0 Å². The number of rotatable bonds is 4. The maximum absolute atomic E-state index is 10.7. The zero-order chi connectivity index (χ0) is 12.3. The van der Waals surface area contributed by atoms with Crippen LogP contribution >= 0.6 is 7.75 Å². The highest BCUT2D eigenvalue weighted by Crippen LogP contribution is 2.40. The van der Waals surface area contributed by atoms with Gasteiger partial charge in [0.15, 0.2) is 0 Å². The fraction of sp³-hybridized carbons (Fsp3) is 0.143. The molecule has 16 heavy (non-hydrogen) atoms. The highest BCUT2D eigenvalue weighted by atomic mass is 31.2. The number of nitrogens with one attached hydrogen (secondary N) is 1. The van der Waals surface area contributed by atoms with Gasteiger partial charge in [-0.05, 0) is 6.07 Å². The molecule has 0 aliphatic rings. The SMILES string of the molecule is COc1ccc([N+](=O)[O-])cc1NP(=O)(O)O. The summed E-state index contributed by atoms with van der Waals surface area (Å²) in [5, 5.41) is 12.3. The minimum Gasteiger partial charge on any atom is -0.495 e. The van der Waals surface area contributed by atoms with Gasteiger partial charge in [-0.2, -0.15) is 0 Å². The van der Waals surface area contributed by atoms with E-state index in [0.717, 1.165) is 6.07 Å². The van der Waals surface area contributed by atoms with Crippen molar-refractivity contribution in [2.75, 3.05) is 12.2 Å². The summed E-state index contributed by atoms with van der Waals surface area (Å²) in [5.74, 6) is 0.105. The molecule has 9 heteroatoms. The first-order valence-electron chi connectivity index (χ1n) is 4.00. The van der Waals surface area contributed by atoms with Crippen LogP contribution in [0.3, 0.4) is 0 Å². The molecule has 3 N–H and O–H groups in total. The van der Waals surface area contributed by atoms with Crippen LogP contribution in [0.4, 0.5) is 11.4 Å². The highest BCUT2D eigenvalue weighted by molar-refractivity contribution is 7.53. The molecule has 0 bridgehead atoms. The normalized spacial score (nSPS) is 10.9. The number of ether oxygens (including phenoxy) is 1. The Bertz CT molecular complexity index is 456. The van der Waals surface area contributed by atoms with Gasteiger partial charge in [-0.25, -0.2) is 4.57 Å². The second-order valence-electron chi connectivity index (χ2n) is 2.80. The van der Waals surface area contributed by atoms with Crippen molar-refractivity contribution in [3.05, 3.63) is 28.3 Å². The van der Waals surface area contributed by atoms with Crippen molar-refractivity contribution in [3.8, 4) is 5.75 Å². The van der Waals surface area contributed by atoms with Crippen LogP contribution in [0.15, 0.2) is 18.2 Å². The average Bonchev–Trinajstić information content (AvgIpc) is 2.15. The van der Waals surface area contributed by atoms with E-state index in [4.69, 9.17) is 14.5 Å². The molecule has 1 rings (SSSR count). The first kappa shape index (κ1) is 12.4. The Labute approximate surface area is 90.2 Å². The molecule has 0 atom stereocenters. The lowest BCUT2D eigenvalue weighted by Gasteiger charge is -2.11. The zero-order valence-electron chi connectivity index (χ0n) is 8.15. The topological polar surface area (TPSA) is 122 Å². The summed E-state index contributed by atoms with van der Waals surface area (Å²) in [5.41, 5.74) is -0.429. The van der Waals surface area contributed by atoms with E-state index < -0.39 is 12.7 Å². The fourth-order valence-electron chi connectivity index (χ4n) is 1.05. The highest BCUT2D eigenvalue weighted by Gasteiger charge is 2.18. The molecule has 0 saturated carbocycles. The molecular formula is C7H9N2O6P. The predicted molar refractivity (Wildman–Crippen MR) is 55.3 cm³/mol. The van der Waals surface area contributed by atoms with Crippen molar-refractivity contribution in [1.29, 1.82) is 0 Å². The van der Waals surface area contributed by atoms with Crippen LogP contribution in [-0.2, 0) is 4.57 Å². The molecule has 0 radical (unpaired) electrons. The first-order chi connectivity index (χ1) is 7.33. The summed E-state index contributed by atoms with van der Waals surface area (Å²) in [6.45, 7) is 0. The second kappa shape index (κ2) is 4.48. The summed E-state index contributed by atoms with van der Waals surface area (Å²) in [6.07, 6.45) is 0. The third-order valence-electron chi connectivity index (χ3n) is 1.66. The van der Waals surface area contributed by atoms with E-state index in [0.29, 0.717) is 0 Å². The molecule has 0 amide bonds. The average molecular weight is 248 g/mol. The van der Waals surface area contributed by atoms with Crippen molar-refractivity contribution in [2.45, 2.75) is 0 Å². The number of nitro groups is 1. The van der Waals surface area contributed by atoms with E-state index in [1.807, 2.05) is 5.09 Å². The molecule has 0 spiro atoms. The van der Waals surface area contributed by atoms with Crippen molar-refractivity contribution in [1.82, 2.24) is 0 Å². The standard InChI is InChI=1S/C7H9N2O6P/c1-15-7-3-2-5(9(10)11)4-6(7)8-16(12,13)14/h2-4H,1H3,(H3,8,12,13,14). The number of hydrogen-bond acceptors (Lipinski definition) is 4. The second-order valence-corrected chi connectivity index (χ2v) is 4.11. The molecule has 88 valence electrons. The van der Waals surface area contributed by atoms with Gasteiger partial charge in [-0.1, -0.05) is 0 Å². The van der Waals surface area contributed by atoms with E-state index in [1.54, 1.807) is 0 Å². The molecular weight excluding hydrogens is 239 g/mol. The van der Waals surface area contributed by atoms with Gasteiger partial charge in [-0.3, -0.25) is 15.2 Å². The summed E-state index contributed by atoms with van der Waals surface area (Å²) >= 11 is 0. The lowest BCUT2D eigenvalue weighted by Crippen LogP contribution is -1.99. The van der Waals surface area contributed by atoms with Crippen LogP contribution in [0.2, 0.25) is 0 Å². The largest absolute Gasteiger partial charge is 0.495 e. The van der Waals surface area contributed by atoms with Crippen LogP contribution in [0.1, 0.15) is 0 Å². The van der Waals surface area contributed by atoms with E-state index >= 15 is 0 Å². The molecule has 0 aliphatic carbocycles. The maximum Gasteiger partial charge on any atom is 0.427 e. The Morgan fingerprint density at radius 3 is 2.56 bits per heavy atom. The molecule has 0 unspecified atom stereocenters.